The van der Waals surface area contributed by atoms with Gasteiger partial charge >= 0.3 is 0 Å². The van der Waals surface area contributed by atoms with Crippen molar-refractivity contribution in [2.45, 2.75) is 11.8 Å². The zero-order valence-electron chi connectivity index (χ0n) is 15.3. The number of nitrogens with one attached hydrogen (secondary N) is 1. The highest BCUT2D eigenvalue weighted by Crippen LogP contribution is 2.26. The van der Waals surface area contributed by atoms with E-state index < -0.39 is 15.9 Å². The zero-order chi connectivity index (χ0) is 21.2. The fourth-order valence-electron chi connectivity index (χ4n) is 2.78. The van der Waals surface area contributed by atoms with Gasteiger partial charge in [0.15, 0.2) is 5.78 Å². The van der Waals surface area contributed by atoms with Crippen LogP contribution in [0, 0.1) is 6.92 Å². The molecule has 3 aromatic carbocycles. The number of anilines is 1. The minimum absolute atomic E-state index is 0.0736. The summed E-state index contributed by atoms with van der Waals surface area (Å²) >= 11 is 6.03. The first-order valence-corrected chi connectivity index (χ1v) is 10.4. The number of benzene rings is 3. The van der Waals surface area contributed by atoms with Crippen LogP contribution in [0.2, 0.25) is 5.02 Å². The molecule has 1 amide bonds. The van der Waals surface area contributed by atoms with Crippen LogP contribution in [-0.4, -0.2) is 20.1 Å². The quantitative estimate of drug-likeness (QED) is 0.582. The minimum Gasteiger partial charge on any atom is -0.366 e. The van der Waals surface area contributed by atoms with Gasteiger partial charge in [-0.1, -0.05) is 48.0 Å². The van der Waals surface area contributed by atoms with Crippen LogP contribution >= 0.6 is 11.6 Å². The maximum Gasteiger partial charge on any atom is 0.261 e. The van der Waals surface area contributed by atoms with E-state index in [0.29, 0.717) is 16.1 Å². The number of hydrogen-bond donors (Lipinski definition) is 2. The van der Waals surface area contributed by atoms with Gasteiger partial charge in [0, 0.05) is 21.7 Å². The van der Waals surface area contributed by atoms with Crippen molar-refractivity contribution < 1.29 is 18.0 Å². The third-order valence-corrected chi connectivity index (χ3v) is 5.89. The summed E-state index contributed by atoms with van der Waals surface area (Å²) in [5.74, 6) is -1.11. The van der Waals surface area contributed by atoms with Gasteiger partial charge in [0.25, 0.3) is 10.0 Å². The highest BCUT2D eigenvalue weighted by molar-refractivity contribution is 7.92. The van der Waals surface area contributed by atoms with Crippen molar-refractivity contribution in [3.05, 3.63) is 94.0 Å². The van der Waals surface area contributed by atoms with E-state index >= 15 is 0 Å². The molecule has 29 heavy (non-hydrogen) atoms. The van der Waals surface area contributed by atoms with Crippen molar-refractivity contribution in [1.29, 1.82) is 0 Å². The van der Waals surface area contributed by atoms with Gasteiger partial charge in [-0.05, 0) is 42.8 Å². The Labute approximate surface area is 173 Å². The Kier molecular flexibility index (Phi) is 5.72. The predicted molar refractivity (Wildman–Crippen MR) is 112 cm³/mol. The van der Waals surface area contributed by atoms with Gasteiger partial charge in [0.2, 0.25) is 5.91 Å². The molecule has 0 aliphatic heterocycles. The standard InChI is InChI=1S/C21H17ClN2O4S/c1-13-7-9-16(12-17(13)21(23)26)29(27,28)24-19-10-8-15(22)11-18(19)20(25)14-5-3-2-4-6-14/h2-12,24H,1H3,(H2,23,26). The molecule has 3 N–H and O–H groups in total. The third-order valence-electron chi connectivity index (χ3n) is 4.29. The SMILES string of the molecule is Cc1ccc(S(=O)(=O)Nc2ccc(Cl)cc2C(=O)c2ccccc2)cc1C(N)=O. The first-order valence-electron chi connectivity index (χ1n) is 8.51. The number of carbonyl (C=O) groups excluding carboxylic acids is 2. The van der Waals surface area contributed by atoms with Gasteiger partial charge in [0.1, 0.15) is 0 Å². The van der Waals surface area contributed by atoms with Crippen LogP contribution in [0.15, 0.2) is 71.6 Å². The number of halogens is 1. The first-order chi connectivity index (χ1) is 13.7. The van der Waals surface area contributed by atoms with Gasteiger partial charge in [-0.25, -0.2) is 8.42 Å². The summed E-state index contributed by atoms with van der Waals surface area (Å²) in [4.78, 5) is 24.3. The summed E-state index contributed by atoms with van der Waals surface area (Å²) in [6.45, 7) is 1.65. The Morgan fingerprint density at radius 3 is 2.28 bits per heavy atom. The molecule has 3 rings (SSSR count). The second-order valence-corrected chi connectivity index (χ2v) is 8.45. The van der Waals surface area contributed by atoms with Crippen molar-refractivity contribution >= 4 is 39.0 Å². The number of amides is 1. The van der Waals surface area contributed by atoms with E-state index in [1.165, 1.54) is 36.4 Å². The van der Waals surface area contributed by atoms with Crippen LogP contribution in [-0.2, 0) is 10.0 Å². The van der Waals surface area contributed by atoms with Gasteiger partial charge in [-0.2, -0.15) is 0 Å². The lowest BCUT2D eigenvalue weighted by atomic mass is 10.0. The molecule has 0 saturated heterocycles. The first kappa shape index (κ1) is 20.6. The van der Waals surface area contributed by atoms with Gasteiger partial charge in [-0.15, -0.1) is 0 Å². The Balaban J connectivity index is 2.03. The molecule has 0 unspecified atom stereocenters. The van der Waals surface area contributed by atoms with E-state index in [1.54, 1.807) is 37.3 Å². The topological polar surface area (TPSA) is 106 Å². The zero-order valence-corrected chi connectivity index (χ0v) is 16.9. The van der Waals surface area contributed by atoms with E-state index in [-0.39, 0.29) is 27.5 Å². The summed E-state index contributed by atoms with van der Waals surface area (Å²) < 4.78 is 28.2. The van der Waals surface area contributed by atoms with Crippen LogP contribution in [0.3, 0.4) is 0 Å². The lowest BCUT2D eigenvalue weighted by molar-refractivity contribution is 0.0997. The molecule has 3 aromatic rings. The molecule has 148 valence electrons. The Hall–Kier alpha value is -3.16. The number of nitrogens with two attached hydrogens (primary N) is 1. The largest absolute Gasteiger partial charge is 0.366 e. The second-order valence-electron chi connectivity index (χ2n) is 6.33. The maximum atomic E-state index is 12.9. The molecule has 8 heteroatoms. The molecular weight excluding hydrogens is 412 g/mol. The maximum absolute atomic E-state index is 12.9. The summed E-state index contributed by atoms with van der Waals surface area (Å²) in [6, 6.07) is 16.8. The molecule has 0 saturated carbocycles. The molecule has 0 aliphatic carbocycles. The minimum atomic E-state index is -4.09. The van der Waals surface area contributed by atoms with Crippen molar-refractivity contribution in [1.82, 2.24) is 0 Å². The van der Waals surface area contributed by atoms with Crippen LogP contribution in [0.4, 0.5) is 5.69 Å². The Bertz CT molecular complexity index is 1210. The molecule has 0 aromatic heterocycles. The second kappa shape index (κ2) is 8.06. The number of primary amides is 1. The number of carbonyl (C=O) groups is 2. The van der Waals surface area contributed by atoms with Crippen molar-refractivity contribution in [2.75, 3.05) is 4.72 Å². The normalized spacial score (nSPS) is 11.1. The molecule has 0 spiro atoms. The van der Waals surface area contributed by atoms with Crippen LogP contribution in [0.1, 0.15) is 31.8 Å². The highest BCUT2D eigenvalue weighted by Gasteiger charge is 2.21. The summed E-state index contributed by atoms with van der Waals surface area (Å²) in [5.41, 5.74) is 6.54. The fraction of sp³-hybridized carbons (Fsp3) is 0.0476. The molecule has 0 radical (unpaired) electrons. The number of sulfonamides is 1. The number of rotatable bonds is 6. The third kappa shape index (κ3) is 4.47. The molecular formula is C21H17ClN2O4S. The molecule has 0 heterocycles. The fourth-order valence-corrected chi connectivity index (χ4v) is 4.05. The van der Waals surface area contributed by atoms with Gasteiger partial charge in [-0.3, -0.25) is 14.3 Å². The number of ketones is 1. The van der Waals surface area contributed by atoms with E-state index in [9.17, 15) is 18.0 Å². The van der Waals surface area contributed by atoms with Crippen molar-refractivity contribution in [3.63, 3.8) is 0 Å². The smallest absolute Gasteiger partial charge is 0.261 e. The lowest BCUT2D eigenvalue weighted by Crippen LogP contribution is -2.18. The van der Waals surface area contributed by atoms with Crippen molar-refractivity contribution in [3.8, 4) is 0 Å². The molecule has 0 bridgehead atoms. The van der Waals surface area contributed by atoms with Crippen LogP contribution < -0.4 is 10.5 Å². The van der Waals surface area contributed by atoms with Crippen LogP contribution in [0.25, 0.3) is 0 Å². The number of aryl methyl sites for hydroxylation is 1. The van der Waals surface area contributed by atoms with E-state index in [1.807, 2.05) is 0 Å². The van der Waals surface area contributed by atoms with E-state index in [2.05, 4.69) is 4.72 Å². The summed E-state index contributed by atoms with van der Waals surface area (Å²) in [5, 5.41) is 0.290. The van der Waals surface area contributed by atoms with Crippen LogP contribution in [0.5, 0.6) is 0 Å². The van der Waals surface area contributed by atoms with Gasteiger partial charge < -0.3 is 5.73 Å². The summed E-state index contributed by atoms with van der Waals surface area (Å²) in [6.07, 6.45) is 0. The average Bonchev–Trinajstić information content (AvgIpc) is 2.69. The lowest BCUT2D eigenvalue weighted by Gasteiger charge is -2.14. The van der Waals surface area contributed by atoms with Gasteiger partial charge in [0.05, 0.1) is 10.6 Å². The molecule has 0 fully saturated rings. The number of hydrogen-bond acceptors (Lipinski definition) is 4. The highest BCUT2D eigenvalue weighted by atomic mass is 35.5. The Morgan fingerprint density at radius 1 is 0.931 bits per heavy atom. The van der Waals surface area contributed by atoms with E-state index in [4.69, 9.17) is 17.3 Å². The molecule has 6 nitrogen and oxygen atoms in total. The van der Waals surface area contributed by atoms with E-state index in [0.717, 1.165) is 0 Å². The predicted octanol–water partition coefficient (Wildman–Crippen LogP) is 3.78. The van der Waals surface area contributed by atoms with Crippen molar-refractivity contribution in [2.24, 2.45) is 5.73 Å². The molecule has 0 aliphatic rings. The molecule has 0 atom stereocenters. The Morgan fingerprint density at radius 2 is 1.62 bits per heavy atom. The average molecular weight is 429 g/mol. The monoisotopic (exact) mass is 428 g/mol. The summed E-state index contributed by atoms with van der Waals surface area (Å²) in [7, 11) is -4.09.